The van der Waals surface area contributed by atoms with Gasteiger partial charge in [-0.1, -0.05) is 12.1 Å². The van der Waals surface area contributed by atoms with Crippen LogP contribution >= 0.6 is 0 Å². The second-order valence-electron chi connectivity index (χ2n) is 4.31. The van der Waals surface area contributed by atoms with Crippen molar-refractivity contribution in [3.05, 3.63) is 53.5 Å². The summed E-state index contributed by atoms with van der Waals surface area (Å²) in [5, 5.41) is 7.70. The molecular formula is C13H14N2O4S. The van der Waals surface area contributed by atoms with E-state index in [1.165, 1.54) is 18.4 Å². The average Bonchev–Trinajstić information content (AvgIpc) is 2.82. The van der Waals surface area contributed by atoms with E-state index in [0.717, 1.165) is 5.56 Å². The molecule has 2 rings (SSSR count). The molecule has 2 aromatic rings. The molecule has 0 saturated carbocycles. The molecule has 106 valence electrons. The molecule has 1 heterocycles. The van der Waals surface area contributed by atoms with E-state index in [4.69, 9.17) is 9.56 Å². The van der Waals surface area contributed by atoms with Crippen molar-refractivity contribution in [2.45, 2.75) is 18.4 Å². The molecule has 1 aromatic carbocycles. The Morgan fingerprint density at radius 1 is 1.35 bits per heavy atom. The van der Waals surface area contributed by atoms with Gasteiger partial charge in [-0.2, -0.15) is 0 Å². The van der Waals surface area contributed by atoms with Crippen LogP contribution in [0.2, 0.25) is 0 Å². The van der Waals surface area contributed by atoms with Gasteiger partial charge in [0, 0.05) is 12.1 Å². The van der Waals surface area contributed by atoms with Crippen LogP contribution in [0.25, 0.3) is 0 Å². The van der Waals surface area contributed by atoms with Crippen LogP contribution < -0.4 is 10.5 Å². The van der Waals surface area contributed by atoms with Crippen LogP contribution in [0.1, 0.15) is 21.7 Å². The molecule has 0 radical (unpaired) electrons. The summed E-state index contributed by atoms with van der Waals surface area (Å²) in [7, 11) is -3.75. The standard InChI is InChI=1S/C13H14N2O4S/c1-9-5-6-19-12(9)13(16)15-8-10-3-2-4-11(7-10)20(14,17)18/h2-7H,8H2,1H3,(H,15,16)(H2,14,17,18). The summed E-state index contributed by atoms with van der Waals surface area (Å²) in [6, 6.07) is 7.78. The maximum absolute atomic E-state index is 11.8. The van der Waals surface area contributed by atoms with Gasteiger partial charge in [-0.05, 0) is 30.7 Å². The van der Waals surface area contributed by atoms with Crippen LogP contribution in [0, 0.1) is 6.92 Å². The number of aryl methyl sites for hydroxylation is 1. The first-order valence-electron chi connectivity index (χ1n) is 5.82. The SMILES string of the molecule is Cc1ccoc1C(=O)NCc1cccc(S(N)(=O)=O)c1. The third kappa shape index (κ3) is 3.25. The monoisotopic (exact) mass is 294 g/mol. The average molecular weight is 294 g/mol. The van der Waals surface area contributed by atoms with E-state index in [1.807, 2.05) is 0 Å². The molecule has 0 aliphatic rings. The lowest BCUT2D eigenvalue weighted by Gasteiger charge is -2.06. The lowest BCUT2D eigenvalue weighted by atomic mass is 10.2. The Bertz CT molecular complexity index is 734. The van der Waals surface area contributed by atoms with Gasteiger partial charge in [0.2, 0.25) is 10.0 Å². The van der Waals surface area contributed by atoms with Crippen molar-refractivity contribution in [3.63, 3.8) is 0 Å². The topological polar surface area (TPSA) is 102 Å². The second-order valence-corrected chi connectivity index (χ2v) is 5.87. The largest absolute Gasteiger partial charge is 0.459 e. The minimum Gasteiger partial charge on any atom is -0.459 e. The number of nitrogens with one attached hydrogen (secondary N) is 1. The minimum absolute atomic E-state index is 0.0124. The first kappa shape index (κ1) is 14.3. The van der Waals surface area contributed by atoms with E-state index >= 15 is 0 Å². The molecule has 0 bridgehead atoms. The van der Waals surface area contributed by atoms with Crippen molar-refractivity contribution >= 4 is 15.9 Å². The van der Waals surface area contributed by atoms with Gasteiger partial charge in [0.25, 0.3) is 5.91 Å². The van der Waals surface area contributed by atoms with E-state index < -0.39 is 10.0 Å². The Labute approximate surface area is 116 Å². The molecule has 0 unspecified atom stereocenters. The number of amides is 1. The lowest BCUT2D eigenvalue weighted by molar-refractivity contribution is 0.0922. The highest BCUT2D eigenvalue weighted by Gasteiger charge is 2.13. The number of carbonyl (C=O) groups is 1. The van der Waals surface area contributed by atoms with Gasteiger partial charge in [0.1, 0.15) is 0 Å². The molecular weight excluding hydrogens is 280 g/mol. The van der Waals surface area contributed by atoms with Gasteiger partial charge < -0.3 is 9.73 Å². The Kier molecular flexibility index (Phi) is 3.91. The van der Waals surface area contributed by atoms with Gasteiger partial charge in [0.15, 0.2) is 5.76 Å². The number of furan rings is 1. The first-order chi connectivity index (χ1) is 9.38. The second kappa shape index (κ2) is 5.48. The van der Waals surface area contributed by atoms with E-state index in [2.05, 4.69) is 5.32 Å². The third-order valence-corrected chi connectivity index (χ3v) is 3.66. The van der Waals surface area contributed by atoms with E-state index in [-0.39, 0.29) is 23.1 Å². The lowest BCUT2D eigenvalue weighted by Crippen LogP contribution is -2.23. The molecule has 0 spiro atoms. The highest BCUT2D eigenvalue weighted by Crippen LogP contribution is 2.11. The minimum atomic E-state index is -3.75. The predicted octanol–water partition coefficient (Wildman–Crippen LogP) is 1.17. The molecule has 0 fully saturated rings. The maximum atomic E-state index is 11.8. The van der Waals surface area contributed by atoms with Gasteiger partial charge in [-0.25, -0.2) is 13.6 Å². The zero-order valence-electron chi connectivity index (χ0n) is 10.8. The van der Waals surface area contributed by atoms with Gasteiger partial charge in [-0.3, -0.25) is 4.79 Å². The molecule has 3 N–H and O–H groups in total. The number of nitrogens with two attached hydrogens (primary N) is 1. The first-order valence-corrected chi connectivity index (χ1v) is 7.36. The molecule has 0 saturated heterocycles. The zero-order valence-corrected chi connectivity index (χ0v) is 11.6. The van der Waals surface area contributed by atoms with Crippen molar-refractivity contribution < 1.29 is 17.6 Å². The number of benzene rings is 1. The molecule has 20 heavy (non-hydrogen) atoms. The van der Waals surface area contributed by atoms with Crippen LogP contribution in [-0.2, 0) is 16.6 Å². The predicted molar refractivity (Wildman–Crippen MR) is 72.4 cm³/mol. The smallest absolute Gasteiger partial charge is 0.287 e. The molecule has 1 aromatic heterocycles. The Balaban J connectivity index is 2.09. The Hall–Kier alpha value is -2.12. The number of sulfonamides is 1. The van der Waals surface area contributed by atoms with E-state index in [9.17, 15) is 13.2 Å². The Morgan fingerprint density at radius 2 is 2.10 bits per heavy atom. The summed E-state index contributed by atoms with van der Waals surface area (Å²) in [6.45, 7) is 1.95. The Morgan fingerprint density at radius 3 is 2.70 bits per heavy atom. The van der Waals surface area contributed by atoms with Crippen LogP contribution in [0.4, 0.5) is 0 Å². The molecule has 0 aliphatic heterocycles. The van der Waals surface area contributed by atoms with Crippen molar-refractivity contribution in [2.75, 3.05) is 0 Å². The fourth-order valence-electron chi connectivity index (χ4n) is 1.70. The molecule has 1 amide bonds. The number of hydrogen-bond donors (Lipinski definition) is 2. The van der Waals surface area contributed by atoms with Crippen molar-refractivity contribution in [3.8, 4) is 0 Å². The van der Waals surface area contributed by atoms with Crippen molar-refractivity contribution in [2.24, 2.45) is 5.14 Å². The normalized spacial score (nSPS) is 11.3. The molecule has 6 nitrogen and oxygen atoms in total. The maximum Gasteiger partial charge on any atom is 0.287 e. The highest BCUT2D eigenvalue weighted by molar-refractivity contribution is 7.89. The summed E-state index contributed by atoms with van der Waals surface area (Å²) in [6.07, 6.45) is 1.44. The van der Waals surface area contributed by atoms with Crippen LogP contribution in [0.3, 0.4) is 0 Å². The zero-order chi connectivity index (χ0) is 14.8. The quantitative estimate of drug-likeness (QED) is 0.883. The molecule has 7 heteroatoms. The van der Waals surface area contributed by atoms with Crippen molar-refractivity contribution in [1.82, 2.24) is 5.32 Å². The van der Waals surface area contributed by atoms with Gasteiger partial charge >= 0.3 is 0 Å². The van der Waals surface area contributed by atoms with Gasteiger partial charge in [0.05, 0.1) is 11.2 Å². The van der Waals surface area contributed by atoms with Crippen LogP contribution in [-0.4, -0.2) is 14.3 Å². The molecule has 0 atom stereocenters. The fourth-order valence-corrected chi connectivity index (χ4v) is 2.28. The summed E-state index contributed by atoms with van der Waals surface area (Å²) < 4.78 is 27.5. The summed E-state index contributed by atoms with van der Waals surface area (Å²) in [4.78, 5) is 11.8. The number of hydrogen-bond acceptors (Lipinski definition) is 4. The van der Waals surface area contributed by atoms with Crippen molar-refractivity contribution in [1.29, 1.82) is 0 Å². The number of rotatable bonds is 4. The van der Waals surface area contributed by atoms with E-state index in [0.29, 0.717) is 5.56 Å². The van der Waals surface area contributed by atoms with E-state index in [1.54, 1.807) is 25.1 Å². The third-order valence-electron chi connectivity index (χ3n) is 2.75. The summed E-state index contributed by atoms with van der Waals surface area (Å²) in [5.41, 5.74) is 1.37. The molecule has 0 aliphatic carbocycles. The number of carbonyl (C=O) groups excluding carboxylic acids is 1. The summed E-state index contributed by atoms with van der Waals surface area (Å²) >= 11 is 0. The fraction of sp³-hybridized carbons (Fsp3) is 0.154. The number of primary sulfonamides is 1. The van der Waals surface area contributed by atoms with Gasteiger partial charge in [-0.15, -0.1) is 0 Å². The summed E-state index contributed by atoms with van der Waals surface area (Å²) in [5.74, 6) is -0.110. The van der Waals surface area contributed by atoms with Crippen LogP contribution in [0.15, 0.2) is 45.9 Å². The van der Waals surface area contributed by atoms with Crippen LogP contribution in [0.5, 0.6) is 0 Å². The highest BCUT2D eigenvalue weighted by atomic mass is 32.2.